The SMILES string of the molecule is Cn1c(=O)c(C(N)=O)cc2cc(C(O)O)ccc21. The fraction of sp³-hybridized carbons (Fsp3) is 0.167. The van der Waals surface area contributed by atoms with Gasteiger partial charge in [0, 0.05) is 12.6 Å². The van der Waals surface area contributed by atoms with Crippen molar-refractivity contribution < 1.29 is 15.0 Å². The highest BCUT2D eigenvalue weighted by atomic mass is 16.5. The van der Waals surface area contributed by atoms with Crippen LogP contribution in [-0.2, 0) is 7.05 Å². The van der Waals surface area contributed by atoms with E-state index in [1.807, 2.05) is 0 Å². The summed E-state index contributed by atoms with van der Waals surface area (Å²) in [5.41, 5.74) is 5.36. The molecule has 0 radical (unpaired) electrons. The Bertz CT molecular complexity index is 688. The molecule has 94 valence electrons. The van der Waals surface area contributed by atoms with Crippen molar-refractivity contribution in [3.63, 3.8) is 0 Å². The minimum atomic E-state index is -1.61. The largest absolute Gasteiger partial charge is 0.365 e. The second-order valence-corrected chi connectivity index (χ2v) is 3.98. The number of nitrogens with zero attached hydrogens (tertiary/aromatic N) is 1. The van der Waals surface area contributed by atoms with E-state index in [-0.39, 0.29) is 11.1 Å². The zero-order chi connectivity index (χ0) is 13.4. The highest BCUT2D eigenvalue weighted by Gasteiger charge is 2.12. The summed E-state index contributed by atoms with van der Waals surface area (Å²) in [6.07, 6.45) is -1.61. The summed E-state index contributed by atoms with van der Waals surface area (Å²) in [5.74, 6) is -0.813. The number of carbonyl (C=O) groups is 1. The van der Waals surface area contributed by atoms with Gasteiger partial charge in [-0.05, 0) is 23.6 Å². The summed E-state index contributed by atoms with van der Waals surface area (Å²) in [7, 11) is 1.52. The zero-order valence-corrected chi connectivity index (χ0v) is 9.62. The third-order valence-corrected chi connectivity index (χ3v) is 2.81. The van der Waals surface area contributed by atoms with Gasteiger partial charge in [-0.2, -0.15) is 0 Å². The second-order valence-electron chi connectivity index (χ2n) is 3.98. The normalized spacial score (nSPS) is 11.1. The Hall–Kier alpha value is -2.18. The minimum Gasteiger partial charge on any atom is -0.365 e. The van der Waals surface area contributed by atoms with Gasteiger partial charge in [0.25, 0.3) is 11.5 Å². The van der Waals surface area contributed by atoms with Crippen molar-refractivity contribution in [2.45, 2.75) is 6.29 Å². The van der Waals surface area contributed by atoms with Crippen LogP contribution < -0.4 is 11.3 Å². The molecule has 0 aliphatic carbocycles. The summed E-state index contributed by atoms with van der Waals surface area (Å²) in [6.45, 7) is 0. The molecule has 0 spiro atoms. The van der Waals surface area contributed by atoms with Gasteiger partial charge in [0.05, 0.1) is 5.52 Å². The topological polar surface area (TPSA) is 106 Å². The maximum absolute atomic E-state index is 11.8. The molecule has 1 amide bonds. The number of hydrogen-bond acceptors (Lipinski definition) is 4. The molecule has 1 aromatic heterocycles. The number of aliphatic hydroxyl groups excluding tert-OH is 1. The molecular formula is C12H12N2O4. The van der Waals surface area contributed by atoms with Crippen molar-refractivity contribution in [3.8, 4) is 0 Å². The molecule has 0 atom stereocenters. The highest BCUT2D eigenvalue weighted by molar-refractivity contribution is 5.96. The van der Waals surface area contributed by atoms with E-state index in [2.05, 4.69) is 0 Å². The molecule has 0 saturated heterocycles. The number of hydrogen-bond donors (Lipinski definition) is 3. The van der Waals surface area contributed by atoms with Crippen molar-refractivity contribution in [1.82, 2.24) is 4.57 Å². The molecule has 0 aliphatic heterocycles. The van der Waals surface area contributed by atoms with Crippen molar-refractivity contribution >= 4 is 16.8 Å². The summed E-state index contributed by atoms with van der Waals surface area (Å²) in [5, 5.41) is 18.7. The van der Waals surface area contributed by atoms with Crippen LogP contribution in [-0.4, -0.2) is 20.7 Å². The van der Waals surface area contributed by atoms with Gasteiger partial charge in [-0.3, -0.25) is 9.59 Å². The van der Waals surface area contributed by atoms with E-state index in [4.69, 9.17) is 15.9 Å². The number of primary amides is 1. The molecule has 0 fully saturated rings. The number of aromatic nitrogens is 1. The molecule has 1 aromatic carbocycles. The van der Waals surface area contributed by atoms with Crippen LogP contribution in [0.25, 0.3) is 10.9 Å². The first kappa shape index (κ1) is 12.3. The smallest absolute Gasteiger partial charge is 0.263 e. The van der Waals surface area contributed by atoms with Crippen molar-refractivity contribution in [2.24, 2.45) is 12.8 Å². The van der Waals surface area contributed by atoms with E-state index in [0.29, 0.717) is 10.9 Å². The predicted molar refractivity (Wildman–Crippen MR) is 64.9 cm³/mol. The Morgan fingerprint density at radius 3 is 2.56 bits per heavy atom. The number of aliphatic hydroxyl groups is 2. The Morgan fingerprint density at radius 1 is 1.33 bits per heavy atom. The lowest BCUT2D eigenvalue weighted by molar-refractivity contribution is -0.0423. The van der Waals surface area contributed by atoms with Crippen LogP contribution in [0.15, 0.2) is 29.1 Å². The fourth-order valence-corrected chi connectivity index (χ4v) is 1.84. The third-order valence-electron chi connectivity index (χ3n) is 2.81. The molecule has 2 aromatic rings. The average Bonchev–Trinajstić information content (AvgIpc) is 2.32. The first-order chi connectivity index (χ1) is 8.41. The molecule has 4 N–H and O–H groups in total. The molecule has 0 aliphatic rings. The summed E-state index contributed by atoms with van der Waals surface area (Å²) < 4.78 is 1.29. The average molecular weight is 248 g/mol. The Balaban J connectivity index is 2.83. The highest BCUT2D eigenvalue weighted by Crippen LogP contribution is 2.18. The maximum Gasteiger partial charge on any atom is 0.263 e. The van der Waals surface area contributed by atoms with E-state index in [0.717, 1.165) is 0 Å². The second kappa shape index (κ2) is 4.25. The number of amides is 1. The monoisotopic (exact) mass is 248 g/mol. The number of pyridine rings is 1. The van der Waals surface area contributed by atoms with Gasteiger partial charge in [0.15, 0.2) is 6.29 Å². The van der Waals surface area contributed by atoms with Gasteiger partial charge in [0.1, 0.15) is 5.56 Å². The van der Waals surface area contributed by atoms with E-state index in [1.54, 1.807) is 6.07 Å². The van der Waals surface area contributed by atoms with Crippen LogP contribution in [0.4, 0.5) is 0 Å². The lowest BCUT2D eigenvalue weighted by atomic mass is 10.1. The molecule has 6 nitrogen and oxygen atoms in total. The Kier molecular flexibility index (Phi) is 2.90. The first-order valence-electron chi connectivity index (χ1n) is 5.21. The van der Waals surface area contributed by atoms with Gasteiger partial charge < -0.3 is 20.5 Å². The lowest BCUT2D eigenvalue weighted by Crippen LogP contribution is -2.28. The van der Waals surface area contributed by atoms with E-state index in [9.17, 15) is 9.59 Å². The predicted octanol–water partition coefficient (Wildman–Crippen LogP) is -0.379. The summed E-state index contributed by atoms with van der Waals surface area (Å²) in [4.78, 5) is 23.0. The van der Waals surface area contributed by atoms with Crippen LogP contribution in [0.1, 0.15) is 22.2 Å². The van der Waals surface area contributed by atoms with Crippen LogP contribution in [0, 0.1) is 0 Å². The molecule has 0 unspecified atom stereocenters. The molecule has 0 bridgehead atoms. The molecule has 6 heteroatoms. The lowest BCUT2D eigenvalue weighted by Gasteiger charge is -2.09. The maximum atomic E-state index is 11.8. The van der Waals surface area contributed by atoms with Crippen molar-refractivity contribution in [3.05, 3.63) is 45.7 Å². The summed E-state index contributed by atoms with van der Waals surface area (Å²) in [6, 6.07) is 5.92. The summed E-state index contributed by atoms with van der Waals surface area (Å²) >= 11 is 0. The number of nitrogens with two attached hydrogens (primary N) is 1. The number of carbonyl (C=O) groups excluding carboxylic acids is 1. The third kappa shape index (κ3) is 1.87. The van der Waals surface area contributed by atoms with Crippen LogP contribution in [0.2, 0.25) is 0 Å². The van der Waals surface area contributed by atoms with Gasteiger partial charge in [-0.25, -0.2) is 0 Å². The van der Waals surface area contributed by atoms with Gasteiger partial charge >= 0.3 is 0 Å². The van der Waals surface area contributed by atoms with Gasteiger partial charge in [-0.15, -0.1) is 0 Å². The first-order valence-corrected chi connectivity index (χ1v) is 5.21. The van der Waals surface area contributed by atoms with Crippen LogP contribution in [0.5, 0.6) is 0 Å². The van der Waals surface area contributed by atoms with Crippen molar-refractivity contribution in [2.75, 3.05) is 0 Å². The number of aryl methyl sites for hydroxylation is 1. The molecule has 0 saturated carbocycles. The van der Waals surface area contributed by atoms with Crippen LogP contribution >= 0.6 is 0 Å². The molecule has 1 heterocycles. The molecular weight excluding hydrogens is 236 g/mol. The Morgan fingerprint density at radius 2 is 2.00 bits per heavy atom. The van der Waals surface area contributed by atoms with Crippen LogP contribution in [0.3, 0.4) is 0 Å². The minimum absolute atomic E-state index is 0.130. The Labute approximate surface area is 102 Å². The molecule has 2 rings (SSSR count). The molecule has 18 heavy (non-hydrogen) atoms. The van der Waals surface area contributed by atoms with Gasteiger partial charge in [0.2, 0.25) is 0 Å². The quantitative estimate of drug-likeness (QED) is 0.630. The number of benzene rings is 1. The van der Waals surface area contributed by atoms with Crippen molar-refractivity contribution in [1.29, 1.82) is 0 Å². The number of rotatable bonds is 2. The fourth-order valence-electron chi connectivity index (χ4n) is 1.84. The van der Waals surface area contributed by atoms with E-state index in [1.165, 1.54) is 29.8 Å². The zero-order valence-electron chi connectivity index (χ0n) is 9.62. The number of fused-ring (bicyclic) bond motifs is 1. The van der Waals surface area contributed by atoms with Gasteiger partial charge in [-0.1, -0.05) is 6.07 Å². The van der Waals surface area contributed by atoms with E-state index < -0.39 is 17.8 Å². The van der Waals surface area contributed by atoms with E-state index >= 15 is 0 Å². The standard InChI is InChI=1S/C12H12N2O4/c1-14-9-3-2-6(12(17)18)4-7(9)5-8(10(13)15)11(14)16/h2-5,12,17-18H,1H3,(H2,13,15).